The Hall–Kier alpha value is -0.770. The third-order valence-corrected chi connectivity index (χ3v) is 2.94. The molecular formula is C12H25N3O. The first kappa shape index (κ1) is 13.3. The largest absolute Gasteiger partial charge is 0.335 e. The number of nitrogens with zero attached hydrogens (tertiary/aromatic N) is 1. The second-order valence-corrected chi connectivity index (χ2v) is 5.06. The SMILES string of the molecule is CC(C)CN(CCCN)C(=O)NC1CCC1. The molecule has 0 saturated heterocycles. The summed E-state index contributed by atoms with van der Waals surface area (Å²) in [7, 11) is 0. The molecule has 0 radical (unpaired) electrons. The van der Waals surface area contributed by atoms with Crippen molar-refractivity contribution in [2.75, 3.05) is 19.6 Å². The van der Waals surface area contributed by atoms with Crippen LogP contribution >= 0.6 is 0 Å². The van der Waals surface area contributed by atoms with Crippen molar-refractivity contribution in [3.8, 4) is 0 Å². The average molecular weight is 227 g/mol. The fourth-order valence-corrected chi connectivity index (χ4v) is 1.82. The zero-order valence-corrected chi connectivity index (χ0v) is 10.5. The molecule has 94 valence electrons. The van der Waals surface area contributed by atoms with Gasteiger partial charge in [-0.1, -0.05) is 13.8 Å². The fraction of sp³-hybridized carbons (Fsp3) is 0.917. The quantitative estimate of drug-likeness (QED) is 0.723. The zero-order valence-electron chi connectivity index (χ0n) is 10.5. The van der Waals surface area contributed by atoms with E-state index in [1.54, 1.807) is 0 Å². The van der Waals surface area contributed by atoms with Crippen LogP contribution in [0.1, 0.15) is 39.5 Å². The molecule has 0 aromatic heterocycles. The van der Waals surface area contributed by atoms with E-state index in [0.29, 0.717) is 18.5 Å². The highest BCUT2D eigenvalue weighted by Crippen LogP contribution is 2.18. The Morgan fingerprint density at radius 1 is 1.50 bits per heavy atom. The minimum absolute atomic E-state index is 0.0897. The molecule has 1 rings (SSSR count). The van der Waals surface area contributed by atoms with Crippen molar-refractivity contribution in [2.45, 2.75) is 45.6 Å². The number of hydrogen-bond donors (Lipinski definition) is 2. The van der Waals surface area contributed by atoms with E-state index in [1.165, 1.54) is 6.42 Å². The van der Waals surface area contributed by atoms with E-state index in [9.17, 15) is 4.79 Å². The third kappa shape index (κ3) is 4.39. The van der Waals surface area contributed by atoms with Crippen LogP contribution in [-0.2, 0) is 0 Å². The molecule has 0 heterocycles. The number of hydrogen-bond acceptors (Lipinski definition) is 2. The van der Waals surface area contributed by atoms with Crippen LogP contribution in [0.3, 0.4) is 0 Å². The lowest BCUT2D eigenvalue weighted by atomic mass is 9.93. The molecule has 1 fully saturated rings. The topological polar surface area (TPSA) is 58.4 Å². The number of rotatable bonds is 6. The van der Waals surface area contributed by atoms with E-state index in [4.69, 9.17) is 5.73 Å². The Morgan fingerprint density at radius 3 is 2.62 bits per heavy atom. The van der Waals surface area contributed by atoms with Gasteiger partial charge in [-0.3, -0.25) is 0 Å². The van der Waals surface area contributed by atoms with Gasteiger partial charge in [-0.25, -0.2) is 4.79 Å². The predicted octanol–water partition coefficient (Wildman–Crippen LogP) is 1.56. The van der Waals surface area contributed by atoms with Gasteiger partial charge in [-0.05, 0) is 38.1 Å². The second-order valence-electron chi connectivity index (χ2n) is 5.06. The summed E-state index contributed by atoms with van der Waals surface area (Å²) in [4.78, 5) is 13.9. The highest BCUT2D eigenvalue weighted by Gasteiger charge is 2.22. The molecule has 1 aliphatic rings. The van der Waals surface area contributed by atoms with Gasteiger partial charge in [0, 0.05) is 19.1 Å². The van der Waals surface area contributed by atoms with Crippen molar-refractivity contribution in [3.05, 3.63) is 0 Å². The van der Waals surface area contributed by atoms with E-state index < -0.39 is 0 Å². The Bertz CT molecular complexity index is 214. The highest BCUT2D eigenvalue weighted by atomic mass is 16.2. The van der Waals surface area contributed by atoms with Gasteiger partial charge in [0.1, 0.15) is 0 Å². The fourth-order valence-electron chi connectivity index (χ4n) is 1.82. The minimum atomic E-state index is 0.0897. The number of amides is 2. The van der Waals surface area contributed by atoms with E-state index in [0.717, 1.165) is 32.4 Å². The molecule has 0 unspecified atom stereocenters. The zero-order chi connectivity index (χ0) is 12.0. The molecule has 3 N–H and O–H groups in total. The van der Waals surface area contributed by atoms with Gasteiger partial charge in [0.15, 0.2) is 0 Å². The van der Waals surface area contributed by atoms with Gasteiger partial charge in [0.05, 0.1) is 0 Å². The molecule has 4 heteroatoms. The van der Waals surface area contributed by atoms with E-state index in [1.807, 2.05) is 4.90 Å². The summed E-state index contributed by atoms with van der Waals surface area (Å²) >= 11 is 0. The molecule has 0 aromatic carbocycles. The minimum Gasteiger partial charge on any atom is -0.335 e. The molecule has 0 aromatic rings. The van der Waals surface area contributed by atoms with Gasteiger partial charge < -0.3 is 16.0 Å². The second kappa shape index (κ2) is 6.74. The van der Waals surface area contributed by atoms with Crippen LogP contribution in [0.15, 0.2) is 0 Å². The summed E-state index contributed by atoms with van der Waals surface area (Å²) in [5.74, 6) is 0.505. The highest BCUT2D eigenvalue weighted by molar-refractivity contribution is 5.74. The summed E-state index contributed by atoms with van der Waals surface area (Å²) in [6.07, 6.45) is 4.40. The summed E-state index contributed by atoms with van der Waals surface area (Å²) < 4.78 is 0. The molecule has 1 aliphatic carbocycles. The maximum absolute atomic E-state index is 12.0. The standard InChI is InChI=1S/C12H25N3O/c1-10(2)9-15(8-4-7-13)12(16)14-11-5-3-6-11/h10-11H,3-9,13H2,1-2H3,(H,14,16). The van der Waals surface area contributed by atoms with Crippen molar-refractivity contribution in [1.82, 2.24) is 10.2 Å². The number of nitrogens with two attached hydrogens (primary N) is 1. The maximum atomic E-state index is 12.0. The average Bonchev–Trinajstić information content (AvgIpc) is 2.17. The number of carbonyl (C=O) groups is 1. The van der Waals surface area contributed by atoms with Crippen molar-refractivity contribution in [2.24, 2.45) is 11.7 Å². The van der Waals surface area contributed by atoms with Crippen molar-refractivity contribution in [3.63, 3.8) is 0 Å². The predicted molar refractivity (Wildman–Crippen MR) is 66.3 cm³/mol. The smallest absolute Gasteiger partial charge is 0.317 e. The number of carbonyl (C=O) groups excluding carboxylic acids is 1. The number of urea groups is 1. The molecule has 1 saturated carbocycles. The summed E-state index contributed by atoms with van der Waals surface area (Å²) in [6.45, 7) is 6.50. The maximum Gasteiger partial charge on any atom is 0.317 e. The summed E-state index contributed by atoms with van der Waals surface area (Å²) in [6, 6.07) is 0.506. The molecule has 0 atom stereocenters. The van der Waals surface area contributed by atoms with Crippen LogP contribution in [0.4, 0.5) is 4.79 Å². The van der Waals surface area contributed by atoms with Gasteiger partial charge in [-0.2, -0.15) is 0 Å². The Kier molecular flexibility index (Phi) is 5.60. The Labute approximate surface area is 98.6 Å². The summed E-state index contributed by atoms with van der Waals surface area (Å²) in [5.41, 5.74) is 5.49. The first-order valence-corrected chi connectivity index (χ1v) is 6.39. The monoisotopic (exact) mass is 227 g/mol. The lowest BCUT2D eigenvalue weighted by molar-refractivity contribution is 0.179. The van der Waals surface area contributed by atoms with E-state index in [-0.39, 0.29) is 6.03 Å². The normalized spacial score (nSPS) is 16.0. The Balaban J connectivity index is 2.35. The van der Waals surface area contributed by atoms with E-state index >= 15 is 0 Å². The first-order chi connectivity index (χ1) is 7.63. The van der Waals surface area contributed by atoms with Gasteiger partial charge in [-0.15, -0.1) is 0 Å². The molecule has 2 amide bonds. The van der Waals surface area contributed by atoms with Gasteiger partial charge in [0.25, 0.3) is 0 Å². The molecule has 16 heavy (non-hydrogen) atoms. The van der Waals surface area contributed by atoms with Crippen molar-refractivity contribution < 1.29 is 4.79 Å². The lowest BCUT2D eigenvalue weighted by Gasteiger charge is -2.31. The van der Waals surface area contributed by atoms with Crippen LogP contribution in [0.5, 0.6) is 0 Å². The summed E-state index contributed by atoms with van der Waals surface area (Å²) in [5, 5.41) is 3.08. The van der Waals surface area contributed by atoms with Crippen LogP contribution in [0, 0.1) is 5.92 Å². The van der Waals surface area contributed by atoms with Crippen LogP contribution in [0.2, 0.25) is 0 Å². The van der Waals surface area contributed by atoms with Crippen LogP contribution in [-0.4, -0.2) is 36.6 Å². The molecular weight excluding hydrogens is 202 g/mol. The van der Waals surface area contributed by atoms with Crippen LogP contribution in [0.25, 0.3) is 0 Å². The van der Waals surface area contributed by atoms with Crippen LogP contribution < -0.4 is 11.1 Å². The van der Waals surface area contributed by atoms with Crippen molar-refractivity contribution >= 4 is 6.03 Å². The van der Waals surface area contributed by atoms with E-state index in [2.05, 4.69) is 19.2 Å². The third-order valence-electron chi connectivity index (χ3n) is 2.94. The molecule has 0 bridgehead atoms. The van der Waals surface area contributed by atoms with Gasteiger partial charge in [0.2, 0.25) is 0 Å². The molecule has 0 spiro atoms. The number of nitrogens with one attached hydrogen (secondary N) is 1. The first-order valence-electron chi connectivity index (χ1n) is 6.39. The Morgan fingerprint density at radius 2 is 2.19 bits per heavy atom. The lowest BCUT2D eigenvalue weighted by Crippen LogP contribution is -2.48. The molecule has 4 nitrogen and oxygen atoms in total. The van der Waals surface area contributed by atoms with Crippen molar-refractivity contribution in [1.29, 1.82) is 0 Å². The van der Waals surface area contributed by atoms with Gasteiger partial charge >= 0.3 is 6.03 Å². The molecule has 0 aliphatic heterocycles.